The molecule has 3 nitrogen and oxygen atoms in total. The van der Waals surface area contributed by atoms with Crippen LogP contribution in [0.25, 0.3) is 0 Å². The van der Waals surface area contributed by atoms with Gasteiger partial charge in [-0.15, -0.1) is 0 Å². The monoisotopic (exact) mass is 233 g/mol. The molecule has 1 saturated carbocycles. The van der Waals surface area contributed by atoms with Crippen molar-refractivity contribution < 1.29 is 0 Å². The van der Waals surface area contributed by atoms with Crippen molar-refractivity contribution in [2.75, 3.05) is 7.05 Å². The molecule has 0 saturated heterocycles. The van der Waals surface area contributed by atoms with Crippen LogP contribution in [0.3, 0.4) is 0 Å². The number of rotatable bonds is 6. The molecule has 0 aliphatic heterocycles. The van der Waals surface area contributed by atoms with Crippen LogP contribution in [0.5, 0.6) is 0 Å². The van der Waals surface area contributed by atoms with E-state index < -0.39 is 0 Å². The summed E-state index contributed by atoms with van der Waals surface area (Å²) in [4.78, 5) is 6.92. The highest BCUT2D eigenvalue weighted by Crippen LogP contribution is 2.26. The minimum absolute atomic E-state index is 0.524. The Bertz CT molecular complexity index is 341. The average molecular weight is 233 g/mol. The van der Waals surface area contributed by atoms with E-state index in [1.807, 2.05) is 6.20 Å². The van der Waals surface area contributed by atoms with Crippen LogP contribution >= 0.6 is 0 Å². The van der Waals surface area contributed by atoms with Crippen LogP contribution in [0.15, 0.2) is 18.3 Å². The number of hydrogen-bond donors (Lipinski definition) is 1. The van der Waals surface area contributed by atoms with E-state index in [4.69, 9.17) is 0 Å². The Labute approximate surface area is 104 Å². The zero-order chi connectivity index (χ0) is 12.3. The van der Waals surface area contributed by atoms with Crippen molar-refractivity contribution in [3.63, 3.8) is 0 Å². The van der Waals surface area contributed by atoms with Crippen LogP contribution in [0.4, 0.5) is 0 Å². The molecular weight excluding hydrogens is 210 g/mol. The second kappa shape index (κ2) is 5.61. The lowest BCUT2D eigenvalue weighted by molar-refractivity contribution is 0.312. The minimum Gasteiger partial charge on any atom is -0.310 e. The smallest absolute Gasteiger partial charge is 0.0544 e. The summed E-state index contributed by atoms with van der Waals surface area (Å²) in [5, 5.41) is 3.40. The molecule has 17 heavy (non-hydrogen) atoms. The van der Waals surface area contributed by atoms with E-state index >= 15 is 0 Å². The predicted molar refractivity (Wildman–Crippen MR) is 70.7 cm³/mol. The van der Waals surface area contributed by atoms with E-state index in [-0.39, 0.29) is 0 Å². The van der Waals surface area contributed by atoms with Crippen molar-refractivity contribution in [2.24, 2.45) is 0 Å². The molecule has 1 aromatic heterocycles. The highest BCUT2D eigenvalue weighted by Gasteiger charge is 2.25. The van der Waals surface area contributed by atoms with Crippen LogP contribution in [0.2, 0.25) is 0 Å². The molecule has 0 amide bonds. The lowest BCUT2D eigenvalue weighted by Gasteiger charge is -2.15. The first-order valence-corrected chi connectivity index (χ1v) is 6.52. The quantitative estimate of drug-likeness (QED) is 0.816. The van der Waals surface area contributed by atoms with E-state index in [1.54, 1.807) is 0 Å². The number of pyridine rings is 1. The van der Waals surface area contributed by atoms with Gasteiger partial charge in [-0.2, -0.15) is 0 Å². The first-order chi connectivity index (χ1) is 8.15. The zero-order valence-electron chi connectivity index (χ0n) is 11.1. The van der Waals surface area contributed by atoms with Crippen LogP contribution in [0.1, 0.15) is 37.9 Å². The average Bonchev–Trinajstić information content (AvgIpc) is 3.12. The fourth-order valence-corrected chi connectivity index (χ4v) is 1.88. The summed E-state index contributed by atoms with van der Waals surface area (Å²) in [6, 6.07) is 5.66. The Kier molecular flexibility index (Phi) is 4.13. The van der Waals surface area contributed by atoms with Gasteiger partial charge in [0, 0.05) is 31.4 Å². The normalized spacial score (nSPS) is 15.8. The fraction of sp³-hybridized carbons (Fsp3) is 0.643. The summed E-state index contributed by atoms with van der Waals surface area (Å²) < 4.78 is 0. The fourth-order valence-electron chi connectivity index (χ4n) is 1.88. The van der Waals surface area contributed by atoms with E-state index in [2.05, 4.69) is 48.2 Å². The van der Waals surface area contributed by atoms with Gasteiger partial charge in [-0.05, 0) is 31.5 Å². The highest BCUT2D eigenvalue weighted by atomic mass is 15.2. The molecule has 1 aliphatic rings. The lowest BCUT2D eigenvalue weighted by Crippen LogP contribution is -2.22. The van der Waals surface area contributed by atoms with Gasteiger partial charge in [0.1, 0.15) is 0 Å². The first kappa shape index (κ1) is 12.5. The van der Waals surface area contributed by atoms with Crippen LogP contribution in [-0.4, -0.2) is 29.0 Å². The SMILES string of the molecule is CC(C)NCc1ccc(CN(C)C2CC2)nc1. The van der Waals surface area contributed by atoms with E-state index in [9.17, 15) is 0 Å². The molecule has 0 aromatic carbocycles. The van der Waals surface area contributed by atoms with Gasteiger partial charge >= 0.3 is 0 Å². The summed E-state index contributed by atoms with van der Waals surface area (Å²) in [5.41, 5.74) is 2.43. The number of hydrogen-bond acceptors (Lipinski definition) is 3. The molecule has 1 aromatic rings. The van der Waals surface area contributed by atoms with Crippen LogP contribution in [0, 0.1) is 0 Å². The van der Waals surface area contributed by atoms with Gasteiger partial charge < -0.3 is 5.32 Å². The highest BCUT2D eigenvalue weighted by molar-refractivity contribution is 5.14. The molecule has 1 aliphatic carbocycles. The molecule has 1 fully saturated rings. The standard InChI is InChI=1S/C14H23N3/c1-11(2)15-8-12-4-5-13(16-9-12)10-17(3)14-6-7-14/h4-5,9,11,14-15H,6-8,10H2,1-3H3. The summed E-state index contributed by atoms with van der Waals surface area (Å²) in [5.74, 6) is 0. The van der Waals surface area contributed by atoms with Gasteiger partial charge in [0.15, 0.2) is 0 Å². The summed E-state index contributed by atoms with van der Waals surface area (Å²) >= 11 is 0. The first-order valence-electron chi connectivity index (χ1n) is 6.52. The third-order valence-electron chi connectivity index (χ3n) is 3.18. The Balaban J connectivity index is 1.84. The van der Waals surface area contributed by atoms with Gasteiger partial charge in [0.25, 0.3) is 0 Å². The van der Waals surface area contributed by atoms with Crippen molar-refractivity contribution >= 4 is 0 Å². The van der Waals surface area contributed by atoms with Crippen LogP contribution in [-0.2, 0) is 13.1 Å². The Hall–Kier alpha value is -0.930. The topological polar surface area (TPSA) is 28.2 Å². The summed E-state index contributed by atoms with van der Waals surface area (Å²) in [6.45, 7) is 6.20. The van der Waals surface area contributed by atoms with Crippen molar-refractivity contribution in [3.8, 4) is 0 Å². The maximum Gasteiger partial charge on any atom is 0.0544 e. The van der Waals surface area contributed by atoms with Gasteiger partial charge in [0.05, 0.1) is 5.69 Å². The molecule has 94 valence electrons. The molecule has 1 heterocycles. The molecule has 0 radical (unpaired) electrons. The third-order valence-corrected chi connectivity index (χ3v) is 3.18. The molecule has 0 atom stereocenters. The van der Waals surface area contributed by atoms with E-state index in [0.717, 1.165) is 19.1 Å². The molecule has 1 N–H and O–H groups in total. The molecular formula is C14H23N3. The zero-order valence-corrected chi connectivity index (χ0v) is 11.1. The Morgan fingerprint density at radius 2 is 2.18 bits per heavy atom. The predicted octanol–water partition coefficient (Wildman–Crippen LogP) is 2.17. The Morgan fingerprint density at radius 3 is 2.71 bits per heavy atom. The number of nitrogens with zero attached hydrogens (tertiary/aromatic N) is 2. The number of nitrogens with one attached hydrogen (secondary N) is 1. The third kappa shape index (κ3) is 4.10. The van der Waals surface area contributed by atoms with E-state index in [1.165, 1.54) is 24.1 Å². The summed E-state index contributed by atoms with van der Waals surface area (Å²) in [6.07, 6.45) is 4.70. The maximum atomic E-state index is 4.53. The van der Waals surface area contributed by atoms with Crippen molar-refractivity contribution in [1.82, 2.24) is 15.2 Å². The molecule has 3 heteroatoms. The lowest BCUT2D eigenvalue weighted by atomic mass is 10.2. The van der Waals surface area contributed by atoms with Crippen LogP contribution < -0.4 is 5.32 Å². The number of aromatic nitrogens is 1. The summed E-state index contributed by atoms with van der Waals surface area (Å²) in [7, 11) is 2.19. The molecule has 0 unspecified atom stereocenters. The molecule has 0 bridgehead atoms. The second-order valence-electron chi connectivity index (χ2n) is 5.34. The molecule has 2 rings (SSSR count). The van der Waals surface area contributed by atoms with Gasteiger partial charge in [-0.3, -0.25) is 9.88 Å². The Morgan fingerprint density at radius 1 is 1.41 bits per heavy atom. The van der Waals surface area contributed by atoms with Gasteiger partial charge in [0.2, 0.25) is 0 Å². The minimum atomic E-state index is 0.524. The van der Waals surface area contributed by atoms with Gasteiger partial charge in [-0.25, -0.2) is 0 Å². The van der Waals surface area contributed by atoms with Crippen molar-refractivity contribution in [3.05, 3.63) is 29.6 Å². The van der Waals surface area contributed by atoms with Gasteiger partial charge in [-0.1, -0.05) is 19.9 Å². The van der Waals surface area contributed by atoms with E-state index in [0.29, 0.717) is 6.04 Å². The molecule has 0 spiro atoms. The second-order valence-corrected chi connectivity index (χ2v) is 5.34. The van der Waals surface area contributed by atoms with Crippen molar-refractivity contribution in [2.45, 2.75) is 51.9 Å². The maximum absolute atomic E-state index is 4.53. The largest absolute Gasteiger partial charge is 0.310 e. The van der Waals surface area contributed by atoms with Crippen molar-refractivity contribution in [1.29, 1.82) is 0 Å².